The predicted octanol–water partition coefficient (Wildman–Crippen LogP) is 4.67. The minimum atomic E-state index is -0.866. The first-order valence-corrected chi connectivity index (χ1v) is 13.2. The summed E-state index contributed by atoms with van der Waals surface area (Å²) in [6.07, 6.45) is 3.02. The average molecular weight is 525 g/mol. The van der Waals surface area contributed by atoms with E-state index in [2.05, 4.69) is 28.0 Å². The third kappa shape index (κ3) is 4.72. The number of aromatic nitrogens is 2. The second-order valence-corrected chi connectivity index (χ2v) is 10.3. The van der Waals surface area contributed by atoms with Gasteiger partial charge in [-0.25, -0.2) is 4.39 Å². The van der Waals surface area contributed by atoms with Crippen LogP contribution in [-0.2, 0) is 0 Å². The van der Waals surface area contributed by atoms with Crippen molar-refractivity contribution in [2.75, 3.05) is 51.2 Å². The number of rotatable bonds is 4. The van der Waals surface area contributed by atoms with Gasteiger partial charge >= 0.3 is 0 Å². The standard InChI is InChI=1S/C30H29FN6O2/c1-19-13-26(30(38)36-11-9-35(2)10-12-36)34-17-24(19)28-15-25-29(39-28)23(5-7-33-25)20-3-4-27(21(14-20)16-32)37-8-6-22(31)18-37/h3-5,7,13-15,17,22H,6,8-12,18H2,1-2H3/t22-/m0/s1. The Morgan fingerprint density at radius 1 is 1.08 bits per heavy atom. The van der Waals surface area contributed by atoms with Gasteiger partial charge in [0, 0.05) is 68.9 Å². The summed E-state index contributed by atoms with van der Waals surface area (Å²) in [5, 5.41) is 9.83. The number of carbonyl (C=O) groups excluding carboxylic acids is 1. The Morgan fingerprint density at radius 3 is 2.62 bits per heavy atom. The fourth-order valence-corrected chi connectivity index (χ4v) is 5.41. The maximum atomic E-state index is 13.8. The van der Waals surface area contributed by atoms with Gasteiger partial charge in [-0.15, -0.1) is 0 Å². The molecule has 8 nitrogen and oxygen atoms in total. The van der Waals surface area contributed by atoms with Crippen LogP contribution in [0.4, 0.5) is 10.1 Å². The fraction of sp³-hybridized carbons (Fsp3) is 0.333. The lowest BCUT2D eigenvalue weighted by Crippen LogP contribution is -2.47. The number of alkyl halides is 1. The van der Waals surface area contributed by atoms with Crippen molar-refractivity contribution in [2.24, 2.45) is 0 Å². The lowest BCUT2D eigenvalue weighted by atomic mass is 10.0. The van der Waals surface area contributed by atoms with E-state index in [0.717, 1.165) is 41.0 Å². The molecule has 2 aliphatic heterocycles. The van der Waals surface area contributed by atoms with E-state index < -0.39 is 6.17 Å². The van der Waals surface area contributed by atoms with Crippen molar-refractivity contribution in [3.63, 3.8) is 0 Å². The smallest absolute Gasteiger partial charge is 0.272 e. The van der Waals surface area contributed by atoms with Crippen molar-refractivity contribution in [1.29, 1.82) is 5.26 Å². The van der Waals surface area contributed by atoms with Gasteiger partial charge in [-0.05, 0) is 55.8 Å². The summed E-state index contributed by atoms with van der Waals surface area (Å²) in [6, 6.07) is 13.5. The number of carbonyl (C=O) groups is 1. The van der Waals surface area contributed by atoms with Gasteiger partial charge in [0.2, 0.25) is 0 Å². The van der Waals surface area contributed by atoms with Crippen molar-refractivity contribution in [3.05, 3.63) is 65.6 Å². The number of aryl methyl sites for hydroxylation is 1. The van der Waals surface area contributed by atoms with Crippen molar-refractivity contribution in [2.45, 2.75) is 19.5 Å². The van der Waals surface area contributed by atoms with Gasteiger partial charge in [0.25, 0.3) is 5.91 Å². The topological polar surface area (TPSA) is 89.5 Å². The van der Waals surface area contributed by atoms with Crippen molar-refractivity contribution < 1.29 is 13.6 Å². The zero-order chi connectivity index (χ0) is 27.1. The van der Waals surface area contributed by atoms with Gasteiger partial charge in [0.1, 0.15) is 29.2 Å². The third-order valence-electron chi connectivity index (χ3n) is 7.70. The summed E-state index contributed by atoms with van der Waals surface area (Å²) >= 11 is 0. The van der Waals surface area contributed by atoms with Gasteiger partial charge in [-0.2, -0.15) is 5.26 Å². The molecule has 1 atom stereocenters. The van der Waals surface area contributed by atoms with Crippen LogP contribution < -0.4 is 4.90 Å². The minimum Gasteiger partial charge on any atom is -0.454 e. The number of hydrogen-bond donors (Lipinski definition) is 0. The first-order chi connectivity index (χ1) is 18.9. The highest BCUT2D eigenvalue weighted by Gasteiger charge is 2.25. The molecule has 0 radical (unpaired) electrons. The van der Waals surface area contributed by atoms with Crippen LogP contribution in [0.15, 0.2) is 53.2 Å². The van der Waals surface area contributed by atoms with Gasteiger partial charge < -0.3 is 19.1 Å². The predicted molar refractivity (Wildman–Crippen MR) is 147 cm³/mol. The Hall–Kier alpha value is -4.29. The molecule has 2 fully saturated rings. The highest BCUT2D eigenvalue weighted by Crippen LogP contribution is 2.36. The second-order valence-electron chi connectivity index (χ2n) is 10.3. The number of nitrogens with zero attached hydrogens (tertiary/aromatic N) is 6. The maximum Gasteiger partial charge on any atom is 0.272 e. The minimum absolute atomic E-state index is 0.0565. The number of amides is 1. The molecule has 6 rings (SSSR count). The van der Waals surface area contributed by atoms with Crippen molar-refractivity contribution in [1.82, 2.24) is 19.8 Å². The molecule has 0 saturated carbocycles. The molecule has 3 aromatic heterocycles. The molecule has 0 unspecified atom stereocenters. The number of anilines is 1. The molecule has 5 heterocycles. The number of halogens is 1. The molecular weight excluding hydrogens is 495 g/mol. The van der Waals surface area contributed by atoms with E-state index in [1.165, 1.54) is 0 Å². The van der Waals surface area contributed by atoms with Crippen LogP contribution in [0.5, 0.6) is 0 Å². The molecule has 0 aliphatic carbocycles. The molecule has 1 amide bonds. The largest absolute Gasteiger partial charge is 0.454 e. The van der Waals surface area contributed by atoms with E-state index in [9.17, 15) is 14.4 Å². The van der Waals surface area contributed by atoms with E-state index in [4.69, 9.17) is 4.42 Å². The summed E-state index contributed by atoms with van der Waals surface area (Å²) < 4.78 is 20.1. The monoisotopic (exact) mass is 524 g/mol. The Kier molecular flexibility index (Phi) is 6.49. The van der Waals surface area contributed by atoms with Gasteiger partial charge in [-0.3, -0.25) is 14.8 Å². The maximum absolute atomic E-state index is 13.8. The Bertz CT molecular complexity index is 1600. The molecule has 4 aromatic rings. The number of hydrogen-bond acceptors (Lipinski definition) is 7. The molecule has 2 aliphatic rings. The highest BCUT2D eigenvalue weighted by molar-refractivity contribution is 5.95. The molecule has 198 valence electrons. The van der Waals surface area contributed by atoms with E-state index in [1.807, 2.05) is 53.1 Å². The highest BCUT2D eigenvalue weighted by atomic mass is 19.1. The number of pyridine rings is 2. The number of nitriles is 1. The van der Waals surface area contributed by atoms with Crippen molar-refractivity contribution >= 4 is 22.7 Å². The van der Waals surface area contributed by atoms with Gasteiger partial charge in [0.05, 0.1) is 11.3 Å². The molecule has 0 bridgehead atoms. The molecule has 0 N–H and O–H groups in total. The molecule has 2 saturated heterocycles. The number of benzene rings is 1. The molecule has 9 heteroatoms. The molecule has 39 heavy (non-hydrogen) atoms. The van der Waals surface area contributed by atoms with Crippen LogP contribution in [0.25, 0.3) is 33.6 Å². The van der Waals surface area contributed by atoms with E-state index >= 15 is 0 Å². The Morgan fingerprint density at radius 2 is 1.90 bits per heavy atom. The molecule has 1 aromatic carbocycles. The van der Waals surface area contributed by atoms with Crippen LogP contribution in [0.3, 0.4) is 0 Å². The summed E-state index contributed by atoms with van der Waals surface area (Å²) in [5.41, 5.74) is 6.27. The Balaban J connectivity index is 1.31. The summed E-state index contributed by atoms with van der Waals surface area (Å²) in [7, 11) is 2.06. The number of furan rings is 1. The normalized spacial score (nSPS) is 18.1. The van der Waals surface area contributed by atoms with Gasteiger partial charge in [0.15, 0.2) is 5.58 Å². The van der Waals surface area contributed by atoms with E-state index in [-0.39, 0.29) is 5.91 Å². The Labute approximate surface area is 226 Å². The first-order valence-electron chi connectivity index (χ1n) is 13.2. The number of piperazine rings is 1. The molecule has 0 spiro atoms. The summed E-state index contributed by atoms with van der Waals surface area (Å²) in [6.45, 7) is 5.94. The van der Waals surface area contributed by atoms with Crippen LogP contribution in [0.1, 0.15) is 28.0 Å². The lowest BCUT2D eigenvalue weighted by molar-refractivity contribution is 0.0658. The van der Waals surface area contributed by atoms with Crippen LogP contribution >= 0.6 is 0 Å². The fourth-order valence-electron chi connectivity index (χ4n) is 5.41. The van der Waals surface area contributed by atoms with Crippen LogP contribution in [0, 0.1) is 18.3 Å². The number of fused-ring (bicyclic) bond motifs is 1. The average Bonchev–Trinajstić information content (AvgIpc) is 3.58. The van der Waals surface area contributed by atoms with E-state index in [0.29, 0.717) is 60.7 Å². The van der Waals surface area contributed by atoms with Crippen molar-refractivity contribution in [3.8, 4) is 28.5 Å². The van der Waals surface area contributed by atoms with E-state index in [1.54, 1.807) is 12.4 Å². The SMILES string of the molecule is Cc1cc(C(=O)N2CCN(C)CC2)ncc1-c1cc2nccc(-c3ccc(N4CC[C@H](F)C4)c(C#N)c3)c2o1. The first kappa shape index (κ1) is 25.0. The summed E-state index contributed by atoms with van der Waals surface area (Å²) in [4.78, 5) is 27.9. The van der Waals surface area contributed by atoms with Gasteiger partial charge in [-0.1, -0.05) is 6.07 Å². The number of likely N-dealkylation sites (N-methyl/N-ethyl adjacent to an activating group) is 1. The molecular formula is C30H29FN6O2. The second kappa shape index (κ2) is 10.1. The van der Waals surface area contributed by atoms with Crippen LogP contribution in [-0.4, -0.2) is 78.2 Å². The quantitative estimate of drug-likeness (QED) is 0.383. The van der Waals surface area contributed by atoms with Crippen LogP contribution in [0.2, 0.25) is 0 Å². The zero-order valence-electron chi connectivity index (χ0n) is 22.0. The third-order valence-corrected chi connectivity index (χ3v) is 7.70. The zero-order valence-corrected chi connectivity index (χ0v) is 22.0. The lowest BCUT2D eigenvalue weighted by Gasteiger charge is -2.32. The summed E-state index contributed by atoms with van der Waals surface area (Å²) in [5.74, 6) is 0.552.